The fraction of sp³-hybridized carbons (Fsp3) is 0.556. The van der Waals surface area contributed by atoms with E-state index in [1.165, 1.54) is 6.20 Å². The van der Waals surface area contributed by atoms with Crippen LogP contribution in [0.2, 0.25) is 0 Å². The van der Waals surface area contributed by atoms with Crippen molar-refractivity contribution in [1.82, 2.24) is 9.97 Å². The molecule has 78 valence electrons. The van der Waals surface area contributed by atoms with Gasteiger partial charge in [-0.3, -0.25) is 0 Å². The molecule has 0 saturated carbocycles. The van der Waals surface area contributed by atoms with Crippen LogP contribution in [0.4, 0.5) is 11.6 Å². The van der Waals surface area contributed by atoms with Crippen molar-refractivity contribution >= 4 is 11.6 Å². The van der Waals surface area contributed by atoms with Crippen molar-refractivity contribution in [3.63, 3.8) is 0 Å². The Labute approximate surface area is 83.6 Å². The Bertz CT molecular complexity index is 291. The second-order valence-corrected chi connectivity index (χ2v) is 3.97. The lowest BCUT2D eigenvalue weighted by molar-refractivity contribution is 0.0884. The predicted molar refractivity (Wildman–Crippen MR) is 56.0 cm³/mol. The van der Waals surface area contributed by atoms with Crippen molar-refractivity contribution in [2.45, 2.75) is 19.4 Å². The van der Waals surface area contributed by atoms with Gasteiger partial charge in [-0.2, -0.15) is 0 Å². The summed E-state index contributed by atoms with van der Waals surface area (Å²) in [4.78, 5) is 9.84. The number of hydrogen-bond donors (Lipinski definition) is 2. The molecule has 0 aliphatic rings. The van der Waals surface area contributed by atoms with Crippen LogP contribution in [0.15, 0.2) is 12.4 Å². The molecule has 0 aliphatic heterocycles. The highest BCUT2D eigenvalue weighted by molar-refractivity contribution is 5.38. The molecule has 0 fully saturated rings. The maximum absolute atomic E-state index is 9.59. The molecule has 0 spiro atoms. The zero-order chi connectivity index (χ0) is 10.8. The van der Waals surface area contributed by atoms with E-state index in [4.69, 9.17) is 5.73 Å². The van der Waals surface area contributed by atoms with Gasteiger partial charge in [0.1, 0.15) is 11.6 Å². The van der Waals surface area contributed by atoms with Crippen LogP contribution in [0.1, 0.15) is 13.8 Å². The lowest BCUT2D eigenvalue weighted by Crippen LogP contribution is -2.36. The molecular weight excluding hydrogens is 180 g/mol. The molecule has 0 aromatic carbocycles. The number of nitrogen functional groups attached to an aromatic ring is 1. The minimum absolute atomic E-state index is 0.394. The van der Waals surface area contributed by atoms with E-state index in [0.29, 0.717) is 18.2 Å². The third kappa shape index (κ3) is 3.18. The molecule has 0 atom stereocenters. The molecule has 0 radical (unpaired) electrons. The summed E-state index contributed by atoms with van der Waals surface area (Å²) < 4.78 is 0. The Kier molecular flexibility index (Phi) is 2.90. The molecule has 0 amide bonds. The van der Waals surface area contributed by atoms with Crippen LogP contribution >= 0.6 is 0 Å². The van der Waals surface area contributed by atoms with E-state index < -0.39 is 5.60 Å². The minimum Gasteiger partial charge on any atom is -0.389 e. The summed E-state index contributed by atoms with van der Waals surface area (Å²) in [5.74, 6) is 1.09. The Hall–Kier alpha value is -1.36. The van der Waals surface area contributed by atoms with Crippen molar-refractivity contribution in [2.24, 2.45) is 0 Å². The average Bonchev–Trinajstić information content (AvgIpc) is 2.02. The Morgan fingerprint density at radius 2 is 2.07 bits per heavy atom. The lowest BCUT2D eigenvalue weighted by Gasteiger charge is -2.25. The standard InChI is InChI=1S/C9H16N4O/c1-9(2,14)6-13(3)8-5-11-7(10)4-12-8/h4-5,14H,6H2,1-3H3,(H2,10,11). The largest absolute Gasteiger partial charge is 0.389 e. The van der Waals surface area contributed by atoms with E-state index in [1.54, 1.807) is 20.0 Å². The van der Waals surface area contributed by atoms with E-state index in [-0.39, 0.29) is 0 Å². The predicted octanol–water partition coefficient (Wildman–Crippen LogP) is 0.266. The van der Waals surface area contributed by atoms with Crippen molar-refractivity contribution in [2.75, 3.05) is 24.2 Å². The SMILES string of the molecule is CN(CC(C)(C)O)c1cnc(N)cn1. The van der Waals surface area contributed by atoms with Crippen LogP contribution < -0.4 is 10.6 Å². The zero-order valence-electron chi connectivity index (χ0n) is 8.73. The van der Waals surface area contributed by atoms with Gasteiger partial charge in [-0.25, -0.2) is 9.97 Å². The zero-order valence-corrected chi connectivity index (χ0v) is 8.73. The van der Waals surface area contributed by atoms with Crippen molar-refractivity contribution in [3.05, 3.63) is 12.4 Å². The number of nitrogens with two attached hydrogens (primary N) is 1. The topological polar surface area (TPSA) is 75.3 Å². The third-order valence-electron chi connectivity index (χ3n) is 1.67. The molecule has 1 rings (SSSR count). The molecule has 0 bridgehead atoms. The number of aliphatic hydroxyl groups is 1. The lowest BCUT2D eigenvalue weighted by atomic mass is 10.1. The number of anilines is 2. The molecule has 0 unspecified atom stereocenters. The van der Waals surface area contributed by atoms with Gasteiger partial charge in [-0.05, 0) is 13.8 Å². The molecule has 14 heavy (non-hydrogen) atoms. The van der Waals surface area contributed by atoms with Gasteiger partial charge in [0, 0.05) is 13.6 Å². The number of hydrogen-bond acceptors (Lipinski definition) is 5. The second kappa shape index (κ2) is 3.79. The molecule has 1 heterocycles. The van der Waals surface area contributed by atoms with Gasteiger partial charge in [0.15, 0.2) is 0 Å². The van der Waals surface area contributed by atoms with Crippen LogP contribution in [0.5, 0.6) is 0 Å². The molecule has 0 saturated heterocycles. The van der Waals surface area contributed by atoms with Gasteiger partial charge in [0.2, 0.25) is 0 Å². The van der Waals surface area contributed by atoms with Crippen molar-refractivity contribution in [3.8, 4) is 0 Å². The van der Waals surface area contributed by atoms with Crippen LogP contribution in [0, 0.1) is 0 Å². The smallest absolute Gasteiger partial charge is 0.147 e. The monoisotopic (exact) mass is 196 g/mol. The first-order valence-corrected chi connectivity index (χ1v) is 4.39. The first-order valence-electron chi connectivity index (χ1n) is 4.39. The molecule has 5 heteroatoms. The number of nitrogens with zero attached hydrogens (tertiary/aromatic N) is 3. The number of likely N-dealkylation sites (N-methyl/N-ethyl adjacent to an activating group) is 1. The Morgan fingerprint density at radius 1 is 1.43 bits per heavy atom. The van der Waals surface area contributed by atoms with Gasteiger partial charge in [0.25, 0.3) is 0 Å². The molecular formula is C9H16N4O. The van der Waals surface area contributed by atoms with E-state index in [0.717, 1.165) is 0 Å². The number of aromatic nitrogens is 2. The summed E-state index contributed by atoms with van der Waals surface area (Å²) in [6, 6.07) is 0. The average molecular weight is 196 g/mol. The Morgan fingerprint density at radius 3 is 2.50 bits per heavy atom. The highest BCUT2D eigenvalue weighted by Gasteiger charge is 2.16. The van der Waals surface area contributed by atoms with Gasteiger partial charge in [0.05, 0.1) is 18.0 Å². The van der Waals surface area contributed by atoms with Crippen LogP contribution in [0.25, 0.3) is 0 Å². The van der Waals surface area contributed by atoms with Crippen LogP contribution in [0.3, 0.4) is 0 Å². The summed E-state index contributed by atoms with van der Waals surface area (Å²) in [5, 5.41) is 9.59. The van der Waals surface area contributed by atoms with Gasteiger partial charge >= 0.3 is 0 Å². The maximum Gasteiger partial charge on any atom is 0.147 e. The van der Waals surface area contributed by atoms with Gasteiger partial charge in [-0.1, -0.05) is 0 Å². The van der Waals surface area contributed by atoms with E-state index in [1.807, 2.05) is 11.9 Å². The van der Waals surface area contributed by atoms with Gasteiger partial charge < -0.3 is 15.7 Å². The van der Waals surface area contributed by atoms with Crippen LogP contribution in [-0.4, -0.2) is 34.3 Å². The van der Waals surface area contributed by atoms with Crippen molar-refractivity contribution in [1.29, 1.82) is 0 Å². The summed E-state index contributed by atoms with van der Waals surface area (Å²) in [6.07, 6.45) is 3.08. The minimum atomic E-state index is -0.752. The highest BCUT2D eigenvalue weighted by atomic mass is 16.3. The number of rotatable bonds is 3. The fourth-order valence-electron chi connectivity index (χ4n) is 1.19. The quantitative estimate of drug-likeness (QED) is 0.725. The fourth-order valence-corrected chi connectivity index (χ4v) is 1.19. The summed E-state index contributed by atoms with van der Waals surface area (Å²) in [7, 11) is 1.85. The summed E-state index contributed by atoms with van der Waals surface area (Å²) in [5.41, 5.74) is 4.66. The molecule has 1 aromatic rings. The second-order valence-electron chi connectivity index (χ2n) is 3.97. The van der Waals surface area contributed by atoms with Crippen molar-refractivity contribution < 1.29 is 5.11 Å². The Balaban J connectivity index is 2.70. The van der Waals surface area contributed by atoms with E-state index in [9.17, 15) is 5.11 Å². The molecule has 1 aromatic heterocycles. The first-order chi connectivity index (χ1) is 6.38. The normalized spacial score (nSPS) is 11.4. The van der Waals surface area contributed by atoms with E-state index >= 15 is 0 Å². The highest BCUT2D eigenvalue weighted by Crippen LogP contribution is 2.11. The molecule has 0 aliphatic carbocycles. The molecule has 3 N–H and O–H groups in total. The van der Waals surface area contributed by atoms with E-state index in [2.05, 4.69) is 9.97 Å². The first kappa shape index (κ1) is 10.7. The van der Waals surface area contributed by atoms with Crippen LogP contribution in [-0.2, 0) is 0 Å². The van der Waals surface area contributed by atoms with Gasteiger partial charge in [-0.15, -0.1) is 0 Å². The summed E-state index contributed by atoms with van der Waals surface area (Å²) in [6.45, 7) is 3.98. The maximum atomic E-state index is 9.59. The molecule has 5 nitrogen and oxygen atoms in total. The third-order valence-corrected chi connectivity index (χ3v) is 1.67. The summed E-state index contributed by atoms with van der Waals surface area (Å²) >= 11 is 0.